The van der Waals surface area contributed by atoms with E-state index < -0.39 is 11.9 Å². The van der Waals surface area contributed by atoms with E-state index in [1.54, 1.807) is 0 Å². The van der Waals surface area contributed by atoms with Crippen LogP contribution in [0.1, 0.15) is 56.7 Å². The van der Waals surface area contributed by atoms with Gasteiger partial charge in [0.25, 0.3) is 0 Å². The lowest BCUT2D eigenvalue weighted by Gasteiger charge is -2.10. The number of tetrazole rings is 1. The SMILES string of the molecule is CCC(C(=O)O)c1nc(CCC(C)C)n(Cc2ccc(-c3ccccc3-c3nnn[nH]3)cc2)n1. The van der Waals surface area contributed by atoms with Gasteiger partial charge in [-0.3, -0.25) is 4.79 Å². The molecule has 0 bridgehead atoms. The number of nitrogens with one attached hydrogen (secondary N) is 1. The average Bonchev–Trinajstić information content (AvgIpc) is 3.49. The summed E-state index contributed by atoms with van der Waals surface area (Å²) < 4.78 is 1.85. The number of H-pyrrole nitrogens is 1. The predicted molar refractivity (Wildman–Crippen MR) is 128 cm³/mol. The van der Waals surface area contributed by atoms with Gasteiger partial charge in [0.2, 0.25) is 0 Å². The smallest absolute Gasteiger partial charge is 0.314 e. The number of carbonyl (C=O) groups is 1. The molecule has 2 aromatic heterocycles. The van der Waals surface area contributed by atoms with E-state index in [9.17, 15) is 9.90 Å². The second kappa shape index (κ2) is 10.4. The van der Waals surface area contributed by atoms with Crippen molar-refractivity contribution in [3.63, 3.8) is 0 Å². The molecule has 0 aliphatic heterocycles. The maximum absolute atomic E-state index is 11.7. The van der Waals surface area contributed by atoms with Gasteiger partial charge in [0, 0.05) is 12.0 Å². The molecule has 2 aromatic carbocycles. The standard InChI is InChI=1S/C25H29N7O2/c1-4-19(25(33)34)23-26-22(14-9-16(2)3)32(29-23)15-17-10-12-18(13-11-17)20-7-5-6-8-21(20)24-27-30-31-28-24/h5-8,10-13,16,19H,4,9,14-15H2,1-3H3,(H,33,34)(H,27,28,30,31). The lowest BCUT2D eigenvalue weighted by atomic mass is 9.98. The van der Waals surface area contributed by atoms with Crippen molar-refractivity contribution in [2.75, 3.05) is 0 Å². The fourth-order valence-corrected chi connectivity index (χ4v) is 3.92. The van der Waals surface area contributed by atoms with Crippen LogP contribution in [0.5, 0.6) is 0 Å². The number of hydrogen-bond donors (Lipinski definition) is 2. The first kappa shape index (κ1) is 23.3. The lowest BCUT2D eigenvalue weighted by molar-refractivity contribution is -0.139. The number of rotatable bonds is 10. The molecule has 0 spiro atoms. The minimum atomic E-state index is -0.889. The number of aromatic nitrogens is 7. The molecule has 4 aromatic rings. The van der Waals surface area contributed by atoms with Crippen molar-refractivity contribution in [3.05, 3.63) is 65.7 Å². The highest BCUT2D eigenvalue weighted by atomic mass is 16.4. The van der Waals surface area contributed by atoms with Gasteiger partial charge in [-0.1, -0.05) is 69.3 Å². The van der Waals surface area contributed by atoms with Crippen molar-refractivity contribution in [3.8, 4) is 22.5 Å². The van der Waals surface area contributed by atoms with E-state index in [2.05, 4.69) is 68.8 Å². The van der Waals surface area contributed by atoms with E-state index in [1.807, 2.05) is 35.9 Å². The van der Waals surface area contributed by atoms with Crippen molar-refractivity contribution < 1.29 is 9.90 Å². The molecular weight excluding hydrogens is 430 g/mol. The van der Waals surface area contributed by atoms with Crippen molar-refractivity contribution in [2.24, 2.45) is 5.92 Å². The summed E-state index contributed by atoms with van der Waals surface area (Å²) in [4.78, 5) is 16.3. The number of benzene rings is 2. The molecule has 2 N–H and O–H groups in total. The molecule has 0 saturated carbocycles. The summed E-state index contributed by atoms with van der Waals surface area (Å²) in [5.41, 5.74) is 4.07. The van der Waals surface area contributed by atoms with Crippen LogP contribution in [-0.2, 0) is 17.8 Å². The van der Waals surface area contributed by atoms with Gasteiger partial charge in [-0.25, -0.2) is 14.8 Å². The molecular formula is C25H29N7O2. The number of aromatic amines is 1. The quantitative estimate of drug-likeness (QED) is 0.362. The highest BCUT2D eigenvalue weighted by Gasteiger charge is 2.24. The second-order valence-corrected chi connectivity index (χ2v) is 8.77. The normalized spacial score (nSPS) is 12.2. The van der Waals surface area contributed by atoms with Crippen LogP contribution in [0.3, 0.4) is 0 Å². The highest BCUT2D eigenvalue weighted by molar-refractivity contribution is 5.80. The summed E-state index contributed by atoms with van der Waals surface area (Å²) in [7, 11) is 0. The molecule has 2 heterocycles. The molecule has 4 rings (SSSR count). The van der Waals surface area contributed by atoms with Crippen LogP contribution in [0, 0.1) is 5.92 Å². The van der Waals surface area contributed by atoms with Gasteiger partial charge in [0.1, 0.15) is 11.7 Å². The number of aliphatic carboxylic acids is 1. The Morgan fingerprint density at radius 3 is 2.44 bits per heavy atom. The Kier molecular flexibility index (Phi) is 7.10. The molecule has 0 amide bonds. The van der Waals surface area contributed by atoms with Gasteiger partial charge in [-0.2, -0.15) is 5.10 Å². The Hall–Kier alpha value is -3.88. The number of hydrogen-bond acceptors (Lipinski definition) is 6. The largest absolute Gasteiger partial charge is 0.481 e. The Morgan fingerprint density at radius 2 is 1.82 bits per heavy atom. The number of carboxylic acids is 1. The van der Waals surface area contributed by atoms with Gasteiger partial charge in [0.05, 0.1) is 6.54 Å². The third kappa shape index (κ3) is 5.19. The minimum absolute atomic E-state index is 0.389. The fraction of sp³-hybridized carbons (Fsp3) is 0.360. The summed E-state index contributed by atoms with van der Waals surface area (Å²) in [6, 6.07) is 16.2. The van der Waals surface area contributed by atoms with Crippen molar-refractivity contribution >= 4 is 5.97 Å². The van der Waals surface area contributed by atoms with E-state index >= 15 is 0 Å². The van der Waals surface area contributed by atoms with Crippen LogP contribution in [0.15, 0.2) is 48.5 Å². The molecule has 0 saturated heterocycles. The summed E-state index contributed by atoms with van der Waals surface area (Å²) in [6.07, 6.45) is 2.18. The zero-order valence-electron chi connectivity index (χ0n) is 19.6. The molecule has 0 radical (unpaired) electrons. The van der Waals surface area contributed by atoms with Crippen LogP contribution >= 0.6 is 0 Å². The molecule has 0 aliphatic carbocycles. The third-order valence-electron chi connectivity index (χ3n) is 5.85. The van der Waals surface area contributed by atoms with Crippen molar-refractivity contribution in [1.29, 1.82) is 0 Å². The maximum Gasteiger partial charge on any atom is 0.314 e. The van der Waals surface area contributed by atoms with E-state index in [1.165, 1.54) is 0 Å². The van der Waals surface area contributed by atoms with Gasteiger partial charge in [-0.05, 0) is 45.9 Å². The minimum Gasteiger partial charge on any atom is -0.481 e. The van der Waals surface area contributed by atoms with Gasteiger partial charge >= 0.3 is 5.97 Å². The summed E-state index contributed by atoms with van der Waals surface area (Å²) in [6.45, 7) is 6.71. The van der Waals surface area contributed by atoms with E-state index in [0.717, 1.165) is 40.9 Å². The molecule has 176 valence electrons. The van der Waals surface area contributed by atoms with Crippen LogP contribution in [-0.4, -0.2) is 46.5 Å². The first-order chi connectivity index (χ1) is 16.5. The topological polar surface area (TPSA) is 122 Å². The van der Waals surface area contributed by atoms with Crippen LogP contribution in [0.2, 0.25) is 0 Å². The fourth-order valence-electron chi connectivity index (χ4n) is 3.92. The first-order valence-electron chi connectivity index (χ1n) is 11.5. The zero-order chi connectivity index (χ0) is 24.1. The van der Waals surface area contributed by atoms with E-state index in [0.29, 0.717) is 30.5 Å². The lowest BCUT2D eigenvalue weighted by Crippen LogP contribution is -2.13. The van der Waals surface area contributed by atoms with Crippen molar-refractivity contribution in [2.45, 2.75) is 52.5 Å². The first-order valence-corrected chi connectivity index (χ1v) is 11.5. The van der Waals surface area contributed by atoms with Crippen LogP contribution in [0.4, 0.5) is 0 Å². The summed E-state index contributed by atoms with van der Waals surface area (Å²) >= 11 is 0. The maximum atomic E-state index is 11.7. The predicted octanol–water partition coefficient (Wildman–Crippen LogP) is 4.34. The zero-order valence-corrected chi connectivity index (χ0v) is 19.6. The molecule has 34 heavy (non-hydrogen) atoms. The Bertz CT molecular complexity index is 1230. The highest BCUT2D eigenvalue weighted by Crippen LogP contribution is 2.30. The molecule has 0 aliphatic rings. The Balaban J connectivity index is 1.60. The van der Waals surface area contributed by atoms with Crippen LogP contribution in [0.25, 0.3) is 22.5 Å². The summed E-state index contributed by atoms with van der Waals surface area (Å²) in [5.74, 6) is 0.779. The number of nitrogens with zero attached hydrogens (tertiary/aromatic N) is 6. The second-order valence-electron chi connectivity index (χ2n) is 8.77. The Labute approximate surface area is 198 Å². The summed E-state index contributed by atoms with van der Waals surface area (Å²) in [5, 5.41) is 28.4. The van der Waals surface area contributed by atoms with Crippen LogP contribution < -0.4 is 0 Å². The van der Waals surface area contributed by atoms with Gasteiger partial charge in [-0.15, -0.1) is 5.10 Å². The van der Waals surface area contributed by atoms with E-state index in [-0.39, 0.29) is 0 Å². The molecule has 0 fully saturated rings. The third-order valence-corrected chi connectivity index (χ3v) is 5.85. The number of carboxylic acid groups (broad SMARTS) is 1. The van der Waals surface area contributed by atoms with Crippen molar-refractivity contribution in [1.82, 2.24) is 35.4 Å². The molecule has 1 atom stereocenters. The molecule has 9 nitrogen and oxygen atoms in total. The molecule has 1 unspecified atom stereocenters. The monoisotopic (exact) mass is 459 g/mol. The Morgan fingerprint density at radius 1 is 1.09 bits per heavy atom. The van der Waals surface area contributed by atoms with Gasteiger partial charge < -0.3 is 5.11 Å². The van der Waals surface area contributed by atoms with E-state index in [4.69, 9.17) is 0 Å². The average molecular weight is 460 g/mol. The molecule has 9 heteroatoms. The number of aryl methyl sites for hydroxylation is 1. The van der Waals surface area contributed by atoms with Gasteiger partial charge in [0.15, 0.2) is 11.6 Å².